The lowest BCUT2D eigenvalue weighted by Crippen LogP contribution is -2.39. The maximum atomic E-state index is 12.2. The number of nitrogens with one attached hydrogen (secondary N) is 1. The Morgan fingerprint density at radius 3 is 2.50 bits per heavy atom. The van der Waals surface area contributed by atoms with Gasteiger partial charge in [0.25, 0.3) is 5.91 Å². The number of anilines is 1. The fourth-order valence-electron chi connectivity index (χ4n) is 2.77. The smallest absolute Gasteiger partial charge is 0.260 e. The van der Waals surface area contributed by atoms with Crippen molar-refractivity contribution in [2.45, 2.75) is 46.0 Å². The summed E-state index contributed by atoms with van der Waals surface area (Å²) in [7, 11) is -3.57. The topological polar surface area (TPSA) is 78.8 Å². The van der Waals surface area contributed by atoms with Crippen molar-refractivity contribution in [3.63, 3.8) is 0 Å². The van der Waals surface area contributed by atoms with Crippen LogP contribution in [0.4, 0.5) is 5.69 Å². The second-order valence-electron chi connectivity index (χ2n) is 6.26. The van der Waals surface area contributed by atoms with Gasteiger partial charge in [-0.15, -0.1) is 0 Å². The van der Waals surface area contributed by atoms with E-state index in [1.807, 2.05) is 19.9 Å². The summed E-state index contributed by atoms with van der Waals surface area (Å²) >= 11 is 0. The number of sulfonamides is 1. The van der Waals surface area contributed by atoms with Gasteiger partial charge in [-0.05, 0) is 56.7 Å². The maximum Gasteiger partial charge on any atom is 0.260 e. The second-order valence-corrected chi connectivity index (χ2v) is 8.17. The molecule has 1 aliphatic carbocycles. The Morgan fingerprint density at radius 1 is 1.21 bits per heavy atom. The van der Waals surface area contributed by atoms with E-state index in [2.05, 4.69) is 10.5 Å². The lowest BCUT2D eigenvalue weighted by molar-refractivity contribution is -0.119. The van der Waals surface area contributed by atoms with Gasteiger partial charge in [0, 0.05) is 5.71 Å². The first-order valence-corrected chi connectivity index (χ1v) is 10.0. The van der Waals surface area contributed by atoms with Gasteiger partial charge in [0.15, 0.2) is 0 Å². The van der Waals surface area contributed by atoms with Gasteiger partial charge in [-0.25, -0.2) is 13.8 Å². The second kappa shape index (κ2) is 7.79. The van der Waals surface area contributed by atoms with Crippen LogP contribution in [0.25, 0.3) is 0 Å². The largest absolute Gasteiger partial charge is 0.271 e. The maximum absolute atomic E-state index is 12.2. The van der Waals surface area contributed by atoms with Crippen molar-refractivity contribution in [3.8, 4) is 0 Å². The van der Waals surface area contributed by atoms with E-state index in [0.29, 0.717) is 5.69 Å². The minimum absolute atomic E-state index is 0.278. The van der Waals surface area contributed by atoms with Crippen LogP contribution in [-0.2, 0) is 14.8 Å². The van der Waals surface area contributed by atoms with Crippen molar-refractivity contribution < 1.29 is 13.2 Å². The lowest BCUT2D eigenvalue weighted by atomic mass is 9.99. The Balaban J connectivity index is 2.15. The van der Waals surface area contributed by atoms with Crippen LogP contribution in [0.2, 0.25) is 0 Å². The van der Waals surface area contributed by atoms with Crippen molar-refractivity contribution in [3.05, 3.63) is 29.3 Å². The van der Waals surface area contributed by atoms with Gasteiger partial charge in [0.1, 0.15) is 6.54 Å². The Kier molecular flexibility index (Phi) is 5.99. The number of rotatable bonds is 5. The predicted molar refractivity (Wildman–Crippen MR) is 96.8 cm³/mol. The highest BCUT2D eigenvalue weighted by Gasteiger charge is 2.22. The molecule has 1 N–H and O–H groups in total. The molecule has 1 saturated carbocycles. The van der Waals surface area contributed by atoms with Crippen molar-refractivity contribution in [2.75, 3.05) is 17.1 Å². The summed E-state index contributed by atoms with van der Waals surface area (Å²) in [5.74, 6) is -0.431. The van der Waals surface area contributed by atoms with Gasteiger partial charge in [-0.2, -0.15) is 5.10 Å². The van der Waals surface area contributed by atoms with E-state index >= 15 is 0 Å². The van der Waals surface area contributed by atoms with Crippen LogP contribution in [0, 0.1) is 13.8 Å². The molecule has 2 rings (SSSR count). The molecule has 24 heavy (non-hydrogen) atoms. The average molecular weight is 351 g/mol. The molecule has 1 aromatic carbocycles. The first kappa shape index (κ1) is 18.4. The van der Waals surface area contributed by atoms with Crippen molar-refractivity contribution in [2.24, 2.45) is 5.10 Å². The number of carbonyl (C=O) groups excluding carboxylic acids is 1. The minimum Gasteiger partial charge on any atom is -0.271 e. The van der Waals surface area contributed by atoms with Gasteiger partial charge >= 0.3 is 0 Å². The molecule has 132 valence electrons. The quantitative estimate of drug-likeness (QED) is 0.828. The van der Waals surface area contributed by atoms with Crippen LogP contribution in [0.1, 0.15) is 43.2 Å². The molecule has 0 saturated heterocycles. The fraction of sp³-hybridized carbons (Fsp3) is 0.529. The van der Waals surface area contributed by atoms with E-state index in [-0.39, 0.29) is 6.54 Å². The molecule has 0 radical (unpaired) electrons. The number of hydrogen-bond acceptors (Lipinski definition) is 4. The Labute approximate surface area is 144 Å². The molecular weight excluding hydrogens is 326 g/mol. The Hall–Kier alpha value is -1.89. The summed E-state index contributed by atoms with van der Waals surface area (Å²) in [6.07, 6.45) is 6.27. The number of carbonyl (C=O) groups is 1. The number of nitrogens with zero attached hydrogens (tertiary/aromatic N) is 2. The van der Waals surface area contributed by atoms with Crippen molar-refractivity contribution >= 4 is 27.3 Å². The summed E-state index contributed by atoms with van der Waals surface area (Å²) in [6, 6.07) is 5.41. The molecule has 0 heterocycles. The Bertz CT molecular complexity index is 733. The molecule has 0 bridgehead atoms. The average Bonchev–Trinajstić information content (AvgIpc) is 2.53. The standard InChI is InChI=1S/C17H25N3O3S/c1-13-8-7-11-16(14(13)2)20(24(3,22)23)12-17(21)19-18-15-9-5-4-6-10-15/h7-8,11H,4-6,9-10,12H2,1-3H3,(H,19,21). The minimum atomic E-state index is -3.57. The highest BCUT2D eigenvalue weighted by Crippen LogP contribution is 2.24. The van der Waals surface area contributed by atoms with Crippen molar-refractivity contribution in [1.29, 1.82) is 0 Å². The molecular formula is C17H25N3O3S. The zero-order chi connectivity index (χ0) is 17.7. The number of aryl methyl sites for hydroxylation is 1. The third-order valence-electron chi connectivity index (χ3n) is 4.30. The van der Waals surface area contributed by atoms with E-state index < -0.39 is 15.9 Å². The first-order valence-electron chi connectivity index (χ1n) is 8.17. The van der Waals surface area contributed by atoms with Gasteiger partial charge < -0.3 is 0 Å². The molecule has 0 aliphatic heterocycles. The summed E-state index contributed by atoms with van der Waals surface area (Å²) in [5, 5.41) is 4.15. The normalized spacial score (nSPS) is 15.0. The van der Waals surface area contributed by atoms with Gasteiger partial charge in [-0.3, -0.25) is 9.10 Å². The third kappa shape index (κ3) is 4.80. The van der Waals surface area contributed by atoms with Gasteiger partial charge in [-0.1, -0.05) is 18.6 Å². The Morgan fingerprint density at radius 2 is 1.88 bits per heavy atom. The van der Waals surface area contributed by atoms with Gasteiger partial charge in [0.05, 0.1) is 11.9 Å². The van der Waals surface area contributed by atoms with E-state index in [4.69, 9.17) is 0 Å². The molecule has 0 aromatic heterocycles. The summed E-state index contributed by atoms with van der Waals surface area (Å²) in [6.45, 7) is 3.48. The van der Waals surface area contributed by atoms with Crippen LogP contribution in [0.3, 0.4) is 0 Å². The molecule has 1 amide bonds. The molecule has 6 nitrogen and oxygen atoms in total. The van der Waals surface area contributed by atoms with Crippen LogP contribution >= 0.6 is 0 Å². The van der Waals surface area contributed by atoms with E-state index in [1.54, 1.807) is 12.1 Å². The van der Waals surface area contributed by atoms with E-state index in [9.17, 15) is 13.2 Å². The predicted octanol–water partition coefficient (Wildman–Crippen LogP) is 2.51. The zero-order valence-corrected chi connectivity index (χ0v) is 15.3. The number of benzene rings is 1. The highest BCUT2D eigenvalue weighted by molar-refractivity contribution is 7.92. The van der Waals surface area contributed by atoms with Crippen LogP contribution < -0.4 is 9.73 Å². The highest BCUT2D eigenvalue weighted by atomic mass is 32.2. The number of amides is 1. The zero-order valence-electron chi connectivity index (χ0n) is 14.5. The first-order chi connectivity index (χ1) is 11.3. The van der Waals surface area contributed by atoms with Crippen LogP contribution in [0.15, 0.2) is 23.3 Å². The third-order valence-corrected chi connectivity index (χ3v) is 5.43. The lowest BCUT2D eigenvalue weighted by Gasteiger charge is -2.24. The molecule has 7 heteroatoms. The molecule has 1 aromatic rings. The van der Waals surface area contributed by atoms with Crippen LogP contribution in [-0.4, -0.2) is 32.8 Å². The monoisotopic (exact) mass is 351 g/mol. The number of hydrazone groups is 1. The molecule has 1 aliphatic rings. The fourth-order valence-corrected chi connectivity index (χ4v) is 3.67. The van der Waals surface area contributed by atoms with Gasteiger partial charge in [0.2, 0.25) is 10.0 Å². The molecule has 0 atom stereocenters. The summed E-state index contributed by atoms with van der Waals surface area (Å²) in [5.41, 5.74) is 5.82. The molecule has 1 fully saturated rings. The molecule has 0 unspecified atom stereocenters. The van der Waals surface area contributed by atoms with Crippen molar-refractivity contribution in [1.82, 2.24) is 5.43 Å². The van der Waals surface area contributed by atoms with E-state index in [1.165, 1.54) is 6.42 Å². The summed E-state index contributed by atoms with van der Waals surface area (Å²) < 4.78 is 25.4. The number of hydrogen-bond donors (Lipinski definition) is 1. The summed E-state index contributed by atoms with van der Waals surface area (Å²) in [4.78, 5) is 12.2. The molecule has 0 spiro atoms. The SMILES string of the molecule is Cc1cccc(N(CC(=O)NN=C2CCCCC2)S(C)(=O)=O)c1C. The van der Waals surface area contributed by atoms with Crippen LogP contribution in [0.5, 0.6) is 0 Å². The van der Waals surface area contributed by atoms with E-state index in [0.717, 1.165) is 53.1 Å².